The van der Waals surface area contributed by atoms with Crippen LogP contribution in [0.1, 0.15) is 12.8 Å². The zero-order chi connectivity index (χ0) is 13.0. The highest BCUT2D eigenvalue weighted by molar-refractivity contribution is 5.91. The van der Waals surface area contributed by atoms with Gasteiger partial charge in [0.25, 0.3) is 0 Å². The van der Waals surface area contributed by atoms with Crippen LogP contribution in [0.25, 0.3) is 17.2 Å². The van der Waals surface area contributed by atoms with E-state index in [9.17, 15) is 4.79 Å². The molecule has 4 heteroatoms. The minimum Gasteiger partial charge on any atom is -0.437 e. The van der Waals surface area contributed by atoms with Gasteiger partial charge in [-0.1, -0.05) is 24.3 Å². The first kappa shape index (κ1) is 12.1. The Bertz CT molecular complexity index is 578. The van der Waals surface area contributed by atoms with Crippen molar-refractivity contribution >= 4 is 23.1 Å². The Balaban J connectivity index is 2.04. The first-order valence-electron chi connectivity index (χ1n) is 5.61. The van der Waals surface area contributed by atoms with Crippen molar-refractivity contribution < 1.29 is 9.21 Å². The van der Waals surface area contributed by atoms with Gasteiger partial charge in [0.15, 0.2) is 5.58 Å². The summed E-state index contributed by atoms with van der Waals surface area (Å²) in [6.07, 6.45) is 2.95. The van der Waals surface area contributed by atoms with E-state index in [1.807, 2.05) is 31.2 Å². The fourth-order valence-electron chi connectivity index (χ4n) is 1.41. The number of para-hydroxylation sites is 2. The van der Waals surface area contributed by atoms with Crippen LogP contribution in [0.2, 0.25) is 0 Å². The minimum atomic E-state index is -0.194. The van der Waals surface area contributed by atoms with E-state index in [0.29, 0.717) is 18.0 Å². The second-order valence-electron chi connectivity index (χ2n) is 4.03. The van der Waals surface area contributed by atoms with Crippen LogP contribution in [0.3, 0.4) is 0 Å². The molecule has 0 radical (unpaired) electrons. The molecule has 0 atom stereocenters. The van der Waals surface area contributed by atoms with Gasteiger partial charge in [-0.05, 0) is 19.1 Å². The van der Waals surface area contributed by atoms with E-state index < -0.39 is 0 Å². The third kappa shape index (κ3) is 3.07. The maximum atomic E-state index is 11.4. The molecule has 2 aromatic rings. The predicted molar refractivity (Wildman–Crippen MR) is 70.9 cm³/mol. The molecular weight excluding hydrogens is 228 g/mol. The number of benzene rings is 1. The highest BCUT2D eigenvalue weighted by atomic mass is 16.3. The maximum absolute atomic E-state index is 11.4. The number of aromatic nitrogens is 1. The molecular formula is C14H14N2O2. The number of oxazole rings is 1. The molecule has 1 amide bonds. The van der Waals surface area contributed by atoms with Crippen molar-refractivity contribution in [2.45, 2.75) is 6.92 Å². The van der Waals surface area contributed by atoms with Crippen molar-refractivity contribution in [1.29, 1.82) is 0 Å². The molecule has 0 spiro atoms. The summed E-state index contributed by atoms with van der Waals surface area (Å²) >= 11 is 0. The van der Waals surface area contributed by atoms with Crippen molar-refractivity contribution in [2.75, 3.05) is 6.54 Å². The third-order valence-corrected chi connectivity index (χ3v) is 2.25. The summed E-state index contributed by atoms with van der Waals surface area (Å²) in [7, 11) is 0. The van der Waals surface area contributed by atoms with Gasteiger partial charge in [0, 0.05) is 18.7 Å². The number of nitrogens with one attached hydrogen (secondary N) is 1. The number of hydrogen-bond acceptors (Lipinski definition) is 3. The molecule has 2 rings (SSSR count). The Morgan fingerprint density at radius 2 is 2.28 bits per heavy atom. The molecule has 18 heavy (non-hydrogen) atoms. The molecule has 0 unspecified atom stereocenters. The third-order valence-electron chi connectivity index (χ3n) is 2.25. The molecule has 0 saturated heterocycles. The molecule has 0 aliphatic heterocycles. The van der Waals surface area contributed by atoms with Crippen LogP contribution in [0, 0.1) is 0 Å². The van der Waals surface area contributed by atoms with Crippen LogP contribution >= 0.6 is 0 Å². The molecule has 0 aliphatic carbocycles. The summed E-state index contributed by atoms with van der Waals surface area (Å²) in [6, 6.07) is 7.45. The Morgan fingerprint density at radius 1 is 1.50 bits per heavy atom. The Labute approximate surface area is 105 Å². The number of hydrogen-bond donors (Lipinski definition) is 1. The SMILES string of the molecule is C=C(C)CNC(=O)/C=C/c1nc2ccccc2o1. The monoisotopic (exact) mass is 242 g/mol. The fraction of sp³-hybridized carbons (Fsp3) is 0.143. The molecule has 92 valence electrons. The Hall–Kier alpha value is -2.36. The first-order valence-corrected chi connectivity index (χ1v) is 5.61. The summed E-state index contributed by atoms with van der Waals surface area (Å²) in [6.45, 7) is 6.03. The molecule has 0 fully saturated rings. The fourth-order valence-corrected chi connectivity index (χ4v) is 1.41. The zero-order valence-corrected chi connectivity index (χ0v) is 10.1. The number of rotatable bonds is 4. The van der Waals surface area contributed by atoms with E-state index >= 15 is 0 Å². The first-order chi connectivity index (χ1) is 8.65. The van der Waals surface area contributed by atoms with E-state index in [-0.39, 0.29) is 5.91 Å². The topological polar surface area (TPSA) is 55.1 Å². The van der Waals surface area contributed by atoms with Crippen LogP contribution in [0.4, 0.5) is 0 Å². The Morgan fingerprint density at radius 3 is 3.00 bits per heavy atom. The lowest BCUT2D eigenvalue weighted by Crippen LogP contribution is -2.22. The molecule has 0 aliphatic rings. The van der Waals surface area contributed by atoms with Crippen LogP contribution in [-0.2, 0) is 4.79 Å². The number of amides is 1. The zero-order valence-electron chi connectivity index (χ0n) is 10.1. The average molecular weight is 242 g/mol. The average Bonchev–Trinajstić information content (AvgIpc) is 2.76. The van der Waals surface area contributed by atoms with Gasteiger partial charge in [-0.25, -0.2) is 4.98 Å². The van der Waals surface area contributed by atoms with Gasteiger partial charge in [0.05, 0.1) is 0 Å². The second-order valence-corrected chi connectivity index (χ2v) is 4.03. The van der Waals surface area contributed by atoms with Gasteiger partial charge < -0.3 is 9.73 Å². The van der Waals surface area contributed by atoms with Gasteiger partial charge in [-0.2, -0.15) is 0 Å². The molecule has 1 aromatic carbocycles. The highest BCUT2D eigenvalue weighted by Gasteiger charge is 2.02. The second kappa shape index (κ2) is 5.31. The minimum absolute atomic E-state index is 0.194. The van der Waals surface area contributed by atoms with Gasteiger partial charge in [-0.15, -0.1) is 0 Å². The summed E-state index contributed by atoms with van der Waals surface area (Å²) < 4.78 is 5.45. The van der Waals surface area contributed by atoms with E-state index in [0.717, 1.165) is 11.1 Å². The number of carbonyl (C=O) groups excluding carboxylic acids is 1. The standard InChI is InChI=1S/C14H14N2O2/c1-10(2)9-15-13(17)7-8-14-16-11-5-3-4-6-12(11)18-14/h3-8H,1,9H2,2H3,(H,15,17)/b8-7+. The van der Waals surface area contributed by atoms with E-state index in [1.54, 1.807) is 6.08 Å². The van der Waals surface area contributed by atoms with Crippen LogP contribution in [-0.4, -0.2) is 17.4 Å². The van der Waals surface area contributed by atoms with Crippen molar-refractivity contribution in [3.63, 3.8) is 0 Å². The largest absolute Gasteiger partial charge is 0.437 e. The van der Waals surface area contributed by atoms with Crippen LogP contribution in [0.15, 0.2) is 46.9 Å². The Kier molecular flexibility index (Phi) is 3.57. The highest BCUT2D eigenvalue weighted by Crippen LogP contribution is 2.15. The maximum Gasteiger partial charge on any atom is 0.244 e. The molecule has 0 bridgehead atoms. The predicted octanol–water partition coefficient (Wildman–Crippen LogP) is 2.53. The van der Waals surface area contributed by atoms with Gasteiger partial charge >= 0.3 is 0 Å². The van der Waals surface area contributed by atoms with Gasteiger partial charge in [0.1, 0.15) is 5.52 Å². The lowest BCUT2D eigenvalue weighted by atomic mass is 10.3. The molecule has 0 saturated carbocycles. The van der Waals surface area contributed by atoms with Crippen LogP contribution < -0.4 is 5.32 Å². The molecule has 1 aromatic heterocycles. The lowest BCUT2D eigenvalue weighted by molar-refractivity contribution is -0.116. The van der Waals surface area contributed by atoms with E-state index in [1.165, 1.54) is 6.08 Å². The smallest absolute Gasteiger partial charge is 0.244 e. The molecule has 1 heterocycles. The summed E-state index contributed by atoms with van der Waals surface area (Å²) in [5.74, 6) is 0.224. The van der Waals surface area contributed by atoms with Crippen LogP contribution in [0.5, 0.6) is 0 Å². The number of carbonyl (C=O) groups is 1. The quantitative estimate of drug-likeness (QED) is 0.662. The van der Waals surface area contributed by atoms with Crippen molar-refractivity contribution in [2.24, 2.45) is 0 Å². The van der Waals surface area contributed by atoms with Gasteiger partial charge in [0.2, 0.25) is 11.8 Å². The summed E-state index contributed by atoms with van der Waals surface area (Å²) in [5, 5.41) is 2.69. The van der Waals surface area contributed by atoms with Gasteiger partial charge in [-0.3, -0.25) is 4.79 Å². The normalized spacial score (nSPS) is 10.9. The van der Waals surface area contributed by atoms with Crippen molar-refractivity contribution in [3.8, 4) is 0 Å². The lowest BCUT2D eigenvalue weighted by Gasteiger charge is -1.98. The van der Waals surface area contributed by atoms with Crippen molar-refractivity contribution in [3.05, 3.63) is 48.4 Å². The van der Waals surface area contributed by atoms with E-state index in [2.05, 4.69) is 16.9 Å². The number of nitrogens with zero attached hydrogens (tertiary/aromatic N) is 1. The summed E-state index contributed by atoms with van der Waals surface area (Å²) in [4.78, 5) is 15.7. The summed E-state index contributed by atoms with van der Waals surface area (Å²) in [5.41, 5.74) is 2.39. The van der Waals surface area contributed by atoms with E-state index in [4.69, 9.17) is 4.42 Å². The molecule has 4 nitrogen and oxygen atoms in total. The van der Waals surface area contributed by atoms with Crippen molar-refractivity contribution in [1.82, 2.24) is 10.3 Å². The molecule has 1 N–H and O–H groups in total. The number of fused-ring (bicyclic) bond motifs is 1.